The van der Waals surface area contributed by atoms with Crippen molar-refractivity contribution in [2.45, 2.75) is 23.5 Å². The van der Waals surface area contributed by atoms with Gasteiger partial charge in [0.25, 0.3) is 5.69 Å². The summed E-state index contributed by atoms with van der Waals surface area (Å²) in [6.07, 6.45) is 0.423. The van der Waals surface area contributed by atoms with Crippen LogP contribution in [0.25, 0.3) is 0 Å². The highest BCUT2D eigenvalue weighted by atomic mass is 32.2. The number of nitro groups is 1. The lowest BCUT2D eigenvalue weighted by Crippen LogP contribution is -2.07. The van der Waals surface area contributed by atoms with E-state index < -0.39 is 22.4 Å². The molecule has 0 saturated carbocycles. The first-order chi connectivity index (χ1) is 9.40. The van der Waals surface area contributed by atoms with E-state index in [2.05, 4.69) is 4.74 Å². The first-order valence-electron chi connectivity index (χ1n) is 5.74. The maximum atomic E-state index is 13.7. The Morgan fingerprint density at radius 2 is 2.25 bits per heavy atom. The maximum absolute atomic E-state index is 13.7. The predicted molar refractivity (Wildman–Crippen MR) is 71.4 cm³/mol. The number of nitrogens with zero attached hydrogens (tertiary/aromatic N) is 1. The third-order valence-electron chi connectivity index (χ3n) is 2.51. The molecule has 0 aromatic heterocycles. The SMILES string of the molecule is COC(=O)c1cc(SC(C)CCO)c([N+](=O)[O-])cc1F. The number of methoxy groups -OCH3 is 1. The van der Waals surface area contributed by atoms with Crippen molar-refractivity contribution in [3.8, 4) is 0 Å². The molecule has 0 heterocycles. The monoisotopic (exact) mass is 303 g/mol. The van der Waals surface area contributed by atoms with Gasteiger partial charge in [0, 0.05) is 11.9 Å². The van der Waals surface area contributed by atoms with Gasteiger partial charge in [0.05, 0.1) is 28.6 Å². The van der Waals surface area contributed by atoms with Crippen molar-refractivity contribution in [2.75, 3.05) is 13.7 Å². The second-order valence-corrected chi connectivity index (χ2v) is 5.47. The largest absolute Gasteiger partial charge is 0.465 e. The lowest BCUT2D eigenvalue weighted by Gasteiger charge is -2.11. The smallest absolute Gasteiger partial charge is 0.340 e. The molecule has 0 saturated heterocycles. The van der Waals surface area contributed by atoms with Crippen LogP contribution in [0.15, 0.2) is 17.0 Å². The van der Waals surface area contributed by atoms with Gasteiger partial charge in [-0.2, -0.15) is 0 Å². The molecule has 1 rings (SSSR count). The van der Waals surface area contributed by atoms with Crippen LogP contribution in [0.4, 0.5) is 10.1 Å². The Morgan fingerprint density at radius 1 is 1.60 bits per heavy atom. The average Bonchev–Trinajstić information content (AvgIpc) is 2.39. The van der Waals surface area contributed by atoms with Crippen LogP contribution >= 0.6 is 11.8 Å². The maximum Gasteiger partial charge on any atom is 0.340 e. The highest BCUT2D eigenvalue weighted by Gasteiger charge is 2.23. The minimum atomic E-state index is -0.997. The molecule has 1 aromatic carbocycles. The number of thioether (sulfide) groups is 1. The summed E-state index contributed by atoms with van der Waals surface area (Å²) in [7, 11) is 1.10. The average molecular weight is 303 g/mol. The normalized spacial score (nSPS) is 12.0. The number of hydrogen-bond acceptors (Lipinski definition) is 6. The van der Waals surface area contributed by atoms with E-state index in [1.54, 1.807) is 6.92 Å². The molecule has 110 valence electrons. The van der Waals surface area contributed by atoms with Crippen molar-refractivity contribution >= 4 is 23.4 Å². The predicted octanol–water partition coefficient (Wildman–Crippen LogP) is 2.38. The summed E-state index contributed by atoms with van der Waals surface area (Å²) < 4.78 is 18.1. The molecule has 6 nitrogen and oxygen atoms in total. The molecule has 0 fully saturated rings. The summed E-state index contributed by atoms with van der Waals surface area (Å²) in [5.41, 5.74) is -0.762. The van der Waals surface area contributed by atoms with Crippen LogP contribution < -0.4 is 0 Å². The molecule has 0 bridgehead atoms. The fourth-order valence-electron chi connectivity index (χ4n) is 1.50. The molecule has 0 aliphatic heterocycles. The van der Waals surface area contributed by atoms with E-state index in [0.29, 0.717) is 12.5 Å². The minimum absolute atomic E-state index is 0.0625. The number of ether oxygens (including phenoxy) is 1. The minimum Gasteiger partial charge on any atom is -0.465 e. The highest BCUT2D eigenvalue weighted by molar-refractivity contribution is 8.00. The number of aliphatic hydroxyl groups excluding tert-OH is 1. The standard InChI is InChI=1S/C12H14FNO5S/c1-7(3-4-15)20-11-5-8(12(16)19-2)9(13)6-10(11)14(17)18/h5-7,15H,3-4H2,1-2H3. The fraction of sp³-hybridized carbons (Fsp3) is 0.417. The van der Waals surface area contributed by atoms with Crippen LogP contribution in [0.2, 0.25) is 0 Å². The van der Waals surface area contributed by atoms with E-state index >= 15 is 0 Å². The summed E-state index contributed by atoms with van der Waals surface area (Å²) in [5, 5.41) is 19.6. The third-order valence-corrected chi connectivity index (χ3v) is 3.73. The van der Waals surface area contributed by atoms with Crippen LogP contribution in [0.1, 0.15) is 23.7 Å². The van der Waals surface area contributed by atoms with Crippen molar-refractivity contribution in [3.05, 3.63) is 33.6 Å². The van der Waals surface area contributed by atoms with Crippen molar-refractivity contribution in [2.24, 2.45) is 0 Å². The number of nitro benzene ring substituents is 1. The van der Waals surface area contributed by atoms with E-state index in [0.717, 1.165) is 24.9 Å². The van der Waals surface area contributed by atoms with Gasteiger partial charge in [-0.05, 0) is 12.5 Å². The number of rotatable bonds is 6. The van der Waals surface area contributed by atoms with Gasteiger partial charge in [-0.25, -0.2) is 9.18 Å². The Hall–Kier alpha value is -1.67. The first-order valence-corrected chi connectivity index (χ1v) is 6.62. The summed E-state index contributed by atoms with van der Waals surface area (Å²) >= 11 is 1.10. The van der Waals surface area contributed by atoms with E-state index in [1.807, 2.05) is 0 Å². The van der Waals surface area contributed by atoms with Gasteiger partial charge >= 0.3 is 5.97 Å². The number of aliphatic hydroxyl groups is 1. The number of benzene rings is 1. The van der Waals surface area contributed by atoms with Crippen LogP contribution in [-0.4, -0.2) is 35.0 Å². The fourth-order valence-corrected chi connectivity index (χ4v) is 2.60. The molecule has 1 aromatic rings. The molecule has 1 N–H and O–H groups in total. The Bertz CT molecular complexity index is 523. The first kappa shape index (κ1) is 16.4. The summed E-state index contributed by atoms with van der Waals surface area (Å²) in [4.78, 5) is 21.8. The number of carbonyl (C=O) groups excluding carboxylic acids is 1. The molecule has 0 radical (unpaired) electrons. The zero-order chi connectivity index (χ0) is 15.3. The van der Waals surface area contributed by atoms with Gasteiger partial charge < -0.3 is 9.84 Å². The summed E-state index contributed by atoms with van der Waals surface area (Å²) in [6, 6.07) is 1.82. The van der Waals surface area contributed by atoms with Gasteiger partial charge in [-0.3, -0.25) is 10.1 Å². The van der Waals surface area contributed by atoms with Crippen LogP contribution in [-0.2, 0) is 4.74 Å². The Labute approximate surface area is 119 Å². The molecule has 0 aliphatic rings. The van der Waals surface area contributed by atoms with Crippen molar-refractivity contribution in [1.82, 2.24) is 0 Å². The lowest BCUT2D eigenvalue weighted by atomic mass is 10.2. The third kappa shape index (κ3) is 3.91. The van der Waals surface area contributed by atoms with Crippen molar-refractivity contribution in [1.29, 1.82) is 0 Å². The number of halogens is 1. The molecular formula is C12H14FNO5S. The van der Waals surface area contributed by atoms with Crippen LogP contribution in [0, 0.1) is 15.9 Å². The Kier molecular flexibility index (Phi) is 5.90. The Balaban J connectivity index is 3.23. The molecule has 8 heteroatoms. The van der Waals surface area contributed by atoms with Crippen molar-refractivity contribution < 1.29 is 24.0 Å². The van der Waals surface area contributed by atoms with E-state index in [9.17, 15) is 19.3 Å². The molecule has 1 atom stereocenters. The molecule has 0 aliphatic carbocycles. The number of carbonyl (C=O) groups is 1. The van der Waals surface area contributed by atoms with Gasteiger partial charge in [-0.1, -0.05) is 6.92 Å². The molecular weight excluding hydrogens is 289 g/mol. The van der Waals surface area contributed by atoms with Gasteiger partial charge in [0.1, 0.15) is 5.82 Å². The van der Waals surface area contributed by atoms with E-state index in [-0.39, 0.29) is 22.3 Å². The zero-order valence-electron chi connectivity index (χ0n) is 11.0. The second-order valence-electron chi connectivity index (χ2n) is 3.99. The molecule has 1 unspecified atom stereocenters. The van der Waals surface area contributed by atoms with Crippen molar-refractivity contribution in [3.63, 3.8) is 0 Å². The van der Waals surface area contributed by atoms with Gasteiger partial charge in [0.15, 0.2) is 0 Å². The molecule has 0 spiro atoms. The second kappa shape index (κ2) is 7.20. The van der Waals surface area contributed by atoms with Crippen LogP contribution in [0.3, 0.4) is 0 Å². The van der Waals surface area contributed by atoms with E-state index in [1.165, 1.54) is 0 Å². The van der Waals surface area contributed by atoms with Crippen LogP contribution in [0.5, 0.6) is 0 Å². The Morgan fingerprint density at radius 3 is 2.75 bits per heavy atom. The topological polar surface area (TPSA) is 89.7 Å². The van der Waals surface area contributed by atoms with Gasteiger partial charge in [0.2, 0.25) is 0 Å². The van der Waals surface area contributed by atoms with Gasteiger partial charge in [-0.15, -0.1) is 11.8 Å². The molecule has 20 heavy (non-hydrogen) atoms. The zero-order valence-corrected chi connectivity index (χ0v) is 11.8. The van der Waals surface area contributed by atoms with E-state index in [4.69, 9.17) is 5.11 Å². The number of esters is 1. The molecule has 0 amide bonds. The lowest BCUT2D eigenvalue weighted by molar-refractivity contribution is -0.387. The number of hydrogen-bond donors (Lipinski definition) is 1. The summed E-state index contributed by atoms with van der Waals surface area (Å²) in [6.45, 7) is 1.71. The highest BCUT2D eigenvalue weighted by Crippen LogP contribution is 2.35. The summed E-state index contributed by atoms with van der Waals surface area (Å²) in [5.74, 6) is -1.89. The quantitative estimate of drug-likeness (QED) is 0.375.